The van der Waals surface area contributed by atoms with Gasteiger partial charge in [-0.2, -0.15) is 5.10 Å². The van der Waals surface area contributed by atoms with Crippen molar-refractivity contribution in [3.05, 3.63) is 42.0 Å². The minimum absolute atomic E-state index is 0.290. The molecule has 0 saturated heterocycles. The molecule has 6 heteroatoms. The van der Waals surface area contributed by atoms with E-state index in [4.69, 9.17) is 0 Å². The Balaban J connectivity index is 1.98. The van der Waals surface area contributed by atoms with Crippen LogP contribution in [0.2, 0.25) is 0 Å². The second-order valence-electron chi connectivity index (χ2n) is 5.01. The highest BCUT2D eigenvalue weighted by Crippen LogP contribution is 2.42. The van der Waals surface area contributed by atoms with Crippen LogP contribution in [0.5, 0.6) is 0 Å². The first kappa shape index (κ1) is 11.2. The molecule has 0 aliphatic heterocycles. The van der Waals surface area contributed by atoms with E-state index in [0.29, 0.717) is 5.56 Å². The van der Waals surface area contributed by atoms with Crippen LogP contribution in [0, 0.1) is 0 Å². The van der Waals surface area contributed by atoms with Crippen molar-refractivity contribution in [3.63, 3.8) is 0 Å². The number of H-pyrrole nitrogens is 1. The third-order valence-electron chi connectivity index (χ3n) is 3.66. The Hall–Kier alpha value is -2.63. The van der Waals surface area contributed by atoms with Gasteiger partial charge >= 0.3 is 5.97 Å². The summed E-state index contributed by atoms with van der Waals surface area (Å²) in [6, 6.07) is 5.76. The summed E-state index contributed by atoms with van der Waals surface area (Å²) in [6.45, 7) is 0. The van der Waals surface area contributed by atoms with E-state index >= 15 is 0 Å². The molecule has 1 aliphatic rings. The normalized spacial score (nSPS) is 14.8. The minimum Gasteiger partial charge on any atom is -0.478 e. The fraction of sp³-hybridized carbons (Fsp3) is 0.214. The van der Waals surface area contributed by atoms with E-state index in [0.717, 1.165) is 35.3 Å². The molecule has 0 amide bonds. The lowest BCUT2D eigenvalue weighted by Gasteiger charge is -2.08. The van der Waals surface area contributed by atoms with Gasteiger partial charge in [0, 0.05) is 5.92 Å². The predicted octanol–water partition coefficient (Wildman–Crippen LogP) is 2.32. The largest absolute Gasteiger partial charge is 0.478 e. The molecule has 20 heavy (non-hydrogen) atoms. The number of aromatic nitrogens is 4. The smallest absolute Gasteiger partial charge is 0.339 e. The van der Waals surface area contributed by atoms with Gasteiger partial charge in [0.1, 0.15) is 11.1 Å². The number of aromatic amines is 1. The number of benzene rings is 1. The number of para-hydroxylation sites is 1. The molecular formula is C14H12N4O2. The van der Waals surface area contributed by atoms with E-state index in [1.807, 2.05) is 18.2 Å². The zero-order chi connectivity index (χ0) is 13.7. The maximum absolute atomic E-state index is 11.3. The van der Waals surface area contributed by atoms with Crippen molar-refractivity contribution in [2.45, 2.75) is 18.8 Å². The molecule has 0 atom stereocenters. The van der Waals surface area contributed by atoms with Crippen LogP contribution in [0.3, 0.4) is 0 Å². The van der Waals surface area contributed by atoms with Gasteiger partial charge in [0.15, 0.2) is 0 Å². The number of nitrogens with one attached hydrogen (secondary N) is 1. The molecule has 1 fully saturated rings. The van der Waals surface area contributed by atoms with E-state index in [9.17, 15) is 9.90 Å². The fourth-order valence-corrected chi connectivity index (χ4v) is 2.59. The summed E-state index contributed by atoms with van der Waals surface area (Å²) in [5, 5.41) is 13.6. The van der Waals surface area contributed by atoms with Crippen LogP contribution < -0.4 is 0 Å². The molecule has 2 N–H and O–H groups in total. The van der Waals surface area contributed by atoms with Crippen LogP contribution in [0.4, 0.5) is 0 Å². The van der Waals surface area contributed by atoms with Crippen molar-refractivity contribution in [3.8, 4) is 5.69 Å². The van der Waals surface area contributed by atoms with E-state index in [1.54, 1.807) is 11.0 Å². The Bertz CT molecular complexity index is 814. The monoisotopic (exact) mass is 268 g/mol. The Labute approximate surface area is 114 Å². The molecule has 0 bridgehead atoms. The number of carbonyl (C=O) groups is 1. The Morgan fingerprint density at radius 2 is 2.25 bits per heavy atom. The quantitative estimate of drug-likeness (QED) is 0.763. The molecule has 0 spiro atoms. The zero-order valence-electron chi connectivity index (χ0n) is 10.6. The molecule has 1 aromatic carbocycles. The summed E-state index contributed by atoms with van der Waals surface area (Å²) >= 11 is 0. The molecule has 1 aliphatic carbocycles. The van der Waals surface area contributed by atoms with Gasteiger partial charge in [0.05, 0.1) is 29.4 Å². The third-order valence-corrected chi connectivity index (χ3v) is 3.66. The van der Waals surface area contributed by atoms with Gasteiger partial charge < -0.3 is 10.1 Å². The summed E-state index contributed by atoms with van der Waals surface area (Å²) in [7, 11) is 0. The molecule has 2 aromatic heterocycles. The van der Waals surface area contributed by atoms with Gasteiger partial charge in [-0.1, -0.05) is 6.07 Å². The molecule has 0 unspecified atom stereocenters. The fourth-order valence-electron chi connectivity index (χ4n) is 2.59. The number of hydrogen-bond acceptors (Lipinski definition) is 3. The molecule has 2 heterocycles. The van der Waals surface area contributed by atoms with Crippen LogP contribution >= 0.6 is 0 Å². The molecule has 3 aromatic rings. The minimum atomic E-state index is -0.924. The van der Waals surface area contributed by atoms with Crippen LogP contribution in [-0.2, 0) is 0 Å². The molecule has 100 valence electrons. The lowest BCUT2D eigenvalue weighted by molar-refractivity contribution is 0.0695. The highest BCUT2D eigenvalue weighted by molar-refractivity contribution is 5.90. The second kappa shape index (κ2) is 3.93. The van der Waals surface area contributed by atoms with Gasteiger partial charge in [-0.25, -0.2) is 14.5 Å². The van der Waals surface area contributed by atoms with E-state index in [1.165, 1.54) is 6.20 Å². The highest BCUT2D eigenvalue weighted by Gasteiger charge is 2.33. The first-order valence-corrected chi connectivity index (χ1v) is 6.49. The van der Waals surface area contributed by atoms with Crippen molar-refractivity contribution >= 4 is 17.0 Å². The Morgan fingerprint density at radius 3 is 3.00 bits per heavy atom. The van der Waals surface area contributed by atoms with Crippen LogP contribution in [0.15, 0.2) is 30.7 Å². The molecular weight excluding hydrogens is 256 g/mol. The molecule has 6 nitrogen and oxygen atoms in total. The van der Waals surface area contributed by atoms with Gasteiger partial charge in [-0.15, -0.1) is 0 Å². The van der Waals surface area contributed by atoms with Crippen LogP contribution in [0.1, 0.15) is 34.8 Å². The third kappa shape index (κ3) is 1.54. The molecule has 4 rings (SSSR count). The topological polar surface area (TPSA) is 83.8 Å². The highest BCUT2D eigenvalue weighted by atomic mass is 16.4. The van der Waals surface area contributed by atoms with Crippen molar-refractivity contribution in [2.75, 3.05) is 0 Å². The summed E-state index contributed by atoms with van der Waals surface area (Å²) in [5.74, 6) is -0.634. The standard InChI is InChI=1S/C14H12N4O2/c19-14(20)9-6-17-18(13(9)8-4-5-8)11-3-1-2-10-12(11)16-7-15-10/h1-3,6-8H,4-5H2,(H,15,16)(H,19,20). The lowest BCUT2D eigenvalue weighted by atomic mass is 10.1. The first-order chi connectivity index (χ1) is 9.75. The SMILES string of the molecule is O=C(O)c1cnn(-c2cccc3[nH]cnc23)c1C1CC1. The molecule has 0 radical (unpaired) electrons. The number of fused-ring (bicyclic) bond motifs is 1. The maximum Gasteiger partial charge on any atom is 0.339 e. The van der Waals surface area contributed by atoms with Crippen molar-refractivity contribution in [2.24, 2.45) is 0 Å². The summed E-state index contributed by atoms with van der Waals surface area (Å²) in [6.07, 6.45) is 5.10. The average molecular weight is 268 g/mol. The average Bonchev–Trinajstić information content (AvgIpc) is 3.01. The molecule has 1 saturated carbocycles. The van der Waals surface area contributed by atoms with Crippen molar-refractivity contribution in [1.82, 2.24) is 19.7 Å². The predicted molar refractivity (Wildman–Crippen MR) is 72.2 cm³/mol. The Morgan fingerprint density at radius 1 is 1.40 bits per heavy atom. The van der Waals surface area contributed by atoms with Gasteiger partial charge in [0.25, 0.3) is 0 Å². The number of nitrogens with zero attached hydrogens (tertiary/aromatic N) is 3. The van der Waals surface area contributed by atoms with Gasteiger partial charge in [-0.3, -0.25) is 0 Å². The van der Waals surface area contributed by atoms with E-state index in [2.05, 4.69) is 15.1 Å². The van der Waals surface area contributed by atoms with Crippen LogP contribution in [0.25, 0.3) is 16.7 Å². The number of imidazole rings is 1. The van der Waals surface area contributed by atoms with Crippen molar-refractivity contribution < 1.29 is 9.90 Å². The summed E-state index contributed by atoms with van der Waals surface area (Å²) in [4.78, 5) is 18.7. The van der Waals surface area contributed by atoms with E-state index < -0.39 is 5.97 Å². The van der Waals surface area contributed by atoms with Crippen molar-refractivity contribution in [1.29, 1.82) is 0 Å². The first-order valence-electron chi connectivity index (χ1n) is 6.49. The maximum atomic E-state index is 11.3. The Kier molecular flexibility index (Phi) is 2.20. The number of aromatic carboxylic acids is 1. The number of carboxylic acid groups (broad SMARTS) is 1. The second-order valence-corrected chi connectivity index (χ2v) is 5.01. The number of rotatable bonds is 3. The van der Waals surface area contributed by atoms with Gasteiger partial charge in [0.2, 0.25) is 0 Å². The number of hydrogen-bond donors (Lipinski definition) is 2. The zero-order valence-corrected chi connectivity index (χ0v) is 10.6. The van der Waals surface area contributed by atoms with E-state index in [-0.39, 0.29) is 5.92 Å². The summed E-state index contributed by atoms with van der Waals surface area (Å²) in [5.41, 5.74) is 3.61. The number of carboxylic acids is 1. The summed E-state index contributed by atoms with van der Waals surface area (Å²) < 4.78 is 1.73. The lowest BCUT2D eigenvalue weighted by Crippen LogP contribution is -2.06. The van der Waals surface area contributed by atoms with Crippen LogP contribution in [-0.4, -0.2) is 30.8 Å². The van der Waals surface area contributed by atoms with Gasteiger partial charge in [-0.05, 0) is 25.0 Å².